The Morgan fingerprint density at radius 3 is 2.67 bits per heavy atom. The maximum Gasteiger partial charge on any atom is 0.139 e. The van der Waals surface area contributed by atoms with Crippen LogP contribution in [0.25, 0.3) is 33.5 Å². The Morgan fingerprint density at radius 2 is 1.79 bits per heavy atom. The van der Waals surface area contributed by atoms with E-state index in [1.54, 1.807) is 0 Å². The number of rotatable bonds is 1. The molecule has 5 rings (SSSR count). The number of aromatic amines is 1. The molecule has 116 valence electrons. The quantitative estimate of drug-likeness (QED) is 0.490. The largest absolute Gasteiger partial charge is 0.338 e. The zero-order chi connectivity index (χ0) is 16.3. The molecule has 1 atom stereocenters. The summed E-state index contributed by atoms with van der Waals surface area (Å²) in [4.78, 5) is 8.21. The number of nitrogens with one attached hydrogen (secondary N) is 1. The Hall–Kier alpha value is -2.43. The fourth-order valence-corrected chi connectivity index (χ4v) is 3.97. The van der Waals surface area contributed by atoms with Crippen molar-refractivity contribution in [3.8, 4) is 22.5 Å². The number of H-pyrrole nitrogens is 1. The van der Waals surface area contributed by atoms with Crippen molar-refractivity contribution in [3.05, 3.63) is 76.3 Å². The zero-order valence-electron chi connectivity index (χ0n) is 12.8. The second-order valence-electron chi connectivity index (χ2n) is 6.08. The number of para-hydroxylation sites is 2. The summed E-state index contributed by atoms with van der Waals surface area (Å²) in [6.07, 6.45) is 0. The number of aromatic nitrogens is 2. The van der Waals surface area contributed by atoms with Gasteiger partial charge >= 0.3 is 0 Å². The summed E-state index contributed by atoms with van der Waals surface area (Å²) in [5.41, 5.74) is 14.3. The molecule has 1 aliphatic rings. The molecule has 1 aliphatic carbocycles. The van der Waals surface area contributed by atoms with E-state index in [0.717, 1.165) is 38.0 Å². The van der Waals surface area contributed by atoms with Crippen LogP contribution in [0.15, 0.2) is 65.1 Å². The van der Waals surface area contributed by atoms with Crippen molar-refractivity contribution in [2.75, 3.05) is 0 Å². The molecular weight excluding hydrogens is 362 g/mol. The molecule has 0 fully saturated rings. The third-order valence-corrected chi connectivity index (χ3v) is 5.19. The number of nitrogens with zero attached hydrogens (tertiary/aromatic N) is 1. The van der Waals surface area contributed by atoms with Crippen molar-refractivity contribution in [1.29, 1.82) is 0 Å². The molecule has 0 radical (unpaired) electrons. The van der Waals surface area contributed by atoms with Crippen LogP contribution in [-0.2, 0) is 0 Å². The van der Waals surface area contributed by atoms with Crippen LogP contribution in [0.4, 0.5) is 0 Å². The average Bonchev–Trinajstić information content (AvgIpc) is 3.15. The van der Waals surface area contributed by atoms with Crippen LogP contribution in [0.1, 0.15) is 17.2 Å². The first-order valence-corrected chi connectivity index (χ1v) is 8.65. The number of nitrogens with two attached hydrogens (primary N) is 1. The highest BCUT2D eigenvalue weighted by Gasteiger charge is 2.29. The Labute approximate surface area is 147 Å². The van der Waals surface area contributed by atoms with E-state index in [9.17, 15) is 0 Å². The Morgan fingerprint density at radius 1 is 0.917 bits per heavy atom. The highest BCUT2D eigenvalue weighted by molar-refractivity contribution is 9.10. The lowest BCUT2D eigenvalue weighted by Gasteiger charge is -2.08. The van der Waals surface area contributed by atoms with E-state index in [2.05, 4.69) is 57.3 Å². The zero-order valence-corrected chi connectivity index (χ0v) is 14.3. The first-order valence-electron chi connectivity index (χ1n) is 7.86. The number of hydrogen-bond donors (Lipinski definition) is 2. The number of hydrogen-bond acceptors (Lipinski definition) is 2. The van der Waals surface area contributed by atoms with Gasteiger partial charge in [-0.3, -0.25) is 0 Å². The van der Waals surface area contributed by atoms with Crippen LogP contribution >= 0.6 is 15.9 Å². The van der Waals surface area contributed by atoms with Gasteiger partial charge in [-0.15, -0.1) is 0 Å². The summed E-state index contributed by atoms with van der Waals surface area (Å²) >= 11 is 3.55. The molecule has 0 unspecified atom stereocenters. The van der Waals surface area contributed by atoms with Crippen molar-refractivity contribution in [2.45, 2.75) is 6.04 Å². The normalized spacial score (nSPS) is 15.5. The van der Waals surface area contributed by atoms with Crippen LogP contribution in [0.5, 0.6) is 0 Å². The summed E-state index contributed by atoms with van der Waals surface area (Å²) in [7, 11) is 0. The van der Waals surface area contributed by atoms with Gasteiger partial charge in [-0.1, -0.05) is 52.3 Å². The number of benzene rings is 3. The molecule has 3 N–H and O–H groups in total. The van der Waals surface area contributed by atoms with E-state index in [1.807, 2.05) is 24.3 Å². The Balaban J connectivity index is 1.80. The first-order chi connectivity index (χ1) is 11.7. The molecular formula is C20H14BrN3. The minimum absolute atomic E-state index is 0.100. The van der Waals surface area contributed by atoms with Crippen LogP contribution in [0, 0.1) is 0 Å². The number of halogens is 1. The van der Waals surface area contributed by atoms with E-state index in [4.69, 9.17) is 10.7 Å². The van der Waals surface area contributed by atoms with Crippen LogP contribution < -0.4 is 5.73 Å². The molecule has 24 heavy (non-hydrogen) atoms. The molecule has 0 aliphatic heterocycles. The van der Waals surface area contributed by atoms with Gasteiger partial charge in [0.15, 0.2) is 0 Å². The molecule has 3 nitrogen and oxygen atoms in total. The SMILES string of the molecule is N[C@@H]1c2cc(Br)ccc2-c2c(-c3nc4ccccc4[nH]3)cccc21. The van der Waals surface area contributed by atoms with Crippen molar-refractivity contribution >= 4 is 27.0 Å². The summed E-state index contributed by atoms with van der Waals surface area (Å²) in [5, 5.41) is 0. The first kappa shape index (κ1) is 14.0. The van der Waals surface area contributed by atoms with Gasteiger partial charge in [0.1, 0.15) is 5.82 Å². The highest BCUT2D eigenvalue weighted by atomic mass is 79.9. The maximum atomic E-state index is 6.50. The second kappa shape index (κ2) is 5.03. The van der Waals surface area contributed by atoms with Crippen LogP contribution in [-0.4, -0.2) is 9.97 Å². The third-order valence-electron chi connectivity index (χ3n) is 4.69. The molecule has 1 heterocycles. The van der Waals surface area contributed by atoms with Crippen LogP contribution in [0.3, 0.4) is 0 Å². The van der Waals surface area contributed by atoms with Crippen LogP contribution in [0.2, 0.25) is 0 Å². The fourth-order valence-electron chi connectivity index (χ4n) is 3.59. The number of imidazole rings is 1. The predicted molar refractivity (Wildman–Crippen MR) is 101 cm³/mol. The lowest BCUT2D eigenvalue weighted by molar-refractivity contribution is 0.900. The minimum atomic E-state index is -0.100. The van der Waals surface area contributed by atoms with Gasteiger partial charge in [0.2, 0.25) is 0 Å². The lowest BCUT2D eigenvalue weighted by Crippen LogP contribution is -2.07. The fraction of sp³-hybridized carbons (Fsp3) is 0.0500. The molecule has 1 aromatic heterocycles. The second-order valence-corrected chi connectivity index (χ2v) is 7.00. The minimum Gasteiger partial charge on any atom is -0.338 e. The van der Waals surface area contributed by atoms with E-state index in [0.29, 0.717) is 0 Å². The molecule has 0 bridgehead atoms. The number of fused-ring (bicyclic) bond motifs is 4. The van der Waals surface area contributed by atoms with Crippen molar-refractivity contribution in [2.24, 2.45) is 5.73 Å². The monoisotopic (exact) mass is 375 g/mol. The smallest absolute Gasteiger partial charge is 0.139 e. The van der Waals surface area contributed by atoms with Gasteiger partial charge in [0.25, 0.3) is 0 Å². The highest BCUT2D eigenvalue weighted by Crippen LogP contribution is 2.47. The average molecular weight is 376 g/mol. The molecule has 0 amide bonds. The predicted octanol–water partition coefficient (Wildman–Crippen LogP) is 5.02. The van der Waals surface area contributed by atoms with Gasteiger partial charge < -0.3 is 10.7 Å². The van der Waals surface area contributed by atoms with E-state index >= 15 is 0 Å². The van der Waals surface area contributed by atoms with E-state index < -0.39 is 0 Å². The standard InChI is InChI=1S/C20H14BrN3/c21-11-8-9-12-15(10-11)19(22)13-4-3-5-14(18(12)13)20-23-16-6-1-2-7-17(16)24-20/h1-10,19H,22H2,(H,23,24)/t19-/m0/s1. The lowest BCUT2D eigenvalue weighted by atomic mass is 9.99. The summed E-state index contributed by atoms with van der Waals surface area (Å²) in [6.45, 7) is 0. The topological polar surface area (TPSA) is 54.7 Å². The summed E-state index contributed by atoms with van der Waals surface area (Å²) in [5.74, 6) is 0.885. The van der Waals surface area contributed by atoms with Gasteiger partial charge in [0, 0.05) is 10.0 Å². The van der Waals surface area contributed by atoms with Gasteiger partial charge in [0.05, 0.1) is 17.1 Å². The Kier molecular flexibility index (Phi) is 2.93. The molecule has 0 saturated heterocycles. The maximum absolute atomic E-state index is 6.50. The molecule has 0 spiro atoms. The molecule has 4 heteroatoms. The van der Waals surface area contributed by atoms with Crippen molar-refractivity contribution < 1.29 is 0 Å². The summed E-state index contributed by atoms with van der Waals surface area (Å²) < 4.78 is 1.05. The third kappa shape index (κ3) is 1.90. The molecule has 3 aromatic carbocycles. The summed E-state index contributed by atoms with van der Waals surface area (Å²) in [6, 6.07) is 20.6. The van der Waals surface area contributed by atoms with Gasteiger partial charge in [-0.25, -0.2) is 4.98 Å². The Bertz CT molecular complexity index is 1060. The van der Waals surface area contributed by atoms with E-state index in [-0.39, 0.29) is 6.04 Å². The van der Waals surface area contributed by atoms with Gasteiger partial charge in [-0.05, 0) is 46.5 Å². The van der Waals surface area contributed by atoms with Crippen molar-refractivity contribution in [3.63, 3.8) is 0 Å². The van der Waals surface area contributed by atoms with Gasteiger partial charge in [-0.2, -0.15) is 0 Å². The van der Waals surface area contributed by atoms with Crippen molar-refractivity contribution in [1.82, 2.24) is 9.97 Å². The van der Waals surface area contributed by atoms with E-state index in [1.165, 1.54) is 11.1 Å². The molecule has 0 saturated carbocycles. The molecule has 4 aromatic rings.